The molecule has 8 nitrogen and oxygen atoms in total. The van der Waals surface area contributed by atoms with Gasteiger partial charge in [-0.2, -0.15) is 5.26 Å². The molecule has 31 heavy (non-hydrogen) atoms. The molecule has 2 aromatic heterocycles. The van der Waals surface area contributed by atoms with Gasteiger partial charge in [0, 0.05) is 18.7 Å². The number of halogens is 1. The Bertz CT molecular complexity index is 1390. The highest BCUT2D eigenvalue weighted by Gasteiger charge is 2.19. The average Bonchev–Trinajstić information content (AvgIpc) is 3.19. The zero-order valence-corrected chi connectivity index (χ0v) is 17.4. The maximum atomic E-state index is 13.2. The fourth-order valence-electron chi connectivity index (χ4n) is 3.38. The molecule has 0 amide bonds. The third kappa shape index (κ3) is 3.89. The third-order valence-corrected chi connectivity index (χ3v) is 5.19. The van der Waals surface area contributed by atoms with Gasteiger partial charge in [0.25, 0.3) is 5.56 Å². The summed E-state index contributed by atoms with van der Waals surface area (Å²) in [6, 6.07) is 15.9. The molecule has 0 unspecified atom stereocenters. The van der Waals surface area contributed by atoms with Crippen LogP contribution in [0, 0.1) is 11.3 Å². The number of fused-ring (bicyclic) bond motifs is 1. The molecule has 0 radical (unpaired) electrons. The summed E-state index contributed by atoms with van der Waals surface area (Å²) in [5, 5.41) is 9.52. The fraction of sp³-hybridized carbons (Fsp3) is 0.182. The van der Waals surface area contributed by atoms with Gasteiger partial charge < -0.3 is 9.30 Å². The van der Waals surface area contributed by atoms with Gasteiger partial charge in [-0.25, -0.2) is 14.3 Å². The van der Waals surface area contributed by atoms with Crippen molar-refractivity contribution >= 4 is 22.8 Å². The van der Waals surface area contributed by atoms with Gasteiger partial charge in [0.15, 0.2) is 11.2 Å². The maximum Gasteiger partial charge on any atom is 0.337 e. The first-order chi connectivity index (χ1) is 15.0. The molecular formula is C22H18ClN5O3. The van der Waals surface area contributed by atoms with E-state index in [0.29, 0.717) is 28.3 Å². The lowest BCUT2D eigenvalue weighted by Crippen LogP contribution is -2.41. The molecule has 0 atom stereocenters. The smallest absolute Gasteiger partial charge is 0.337 e. The van der Waals surface area contributed by atoms with Gasteiger partial charge in [-0.1, -0.05) is 23.7 Å². The van der Waals surface area contributed by atoms with Gasteiger partial charge >= 0.3 is 5.69 Å². The summed E-state index contributed by atoms with van der Waals surface area (Å²) in [5.41, 5.74) is 1.63. The summed E-state index contributed by atoms with van der Waals surface area (Å²) in [5.74, 6) is 0. The summed E-state index contributed by atoms with van der Waals surface area (Å²) in [6.45, 7) is 0.686. The number of aromatic nitrogens is 4. The molecule has 0 aliphatic rings. The molecule has 0 saturated heterocycles. The fourth-order valence-corrected chi connectivity index (χ4v) is 3.51. The minimum Gasteiger partial charge on any atom is -0.383 e. The molecule has 9 heteroatoms. The normalized spacial score (nSPS) is 11.0. The molecule has 0 bridgehead atoms. The SMILES string of the molecule is COCCn1c(=O)c2c(ncn2Cc2ccc(C#N)cc2)n(-c2ccc(Cl)cc2)c1=O. The molecule has 4 rings (SSSR count). The predicted molar refractivity (Wildman–Crippen MR) is 117 cm³/mol. The number of nitrogens with zero attached hydrogens (tertiary/aromatic N) is 5. The number of benzene rings is 2. The van der Waals surface area contributed by atoms with Crippen molar-refractivity contribution in [2.24, 2.45) is 0 Å². The number of imidazole rings is 1. The van der Waals surface area contributed by atoms with E-state index in [1.54, 1.807) is 41.0 Å². The number of rotatable bonds is 6. The Labute approximate surface area is 182 Å². The predicted octanol–water partition coefficient (Wildman–Crippen LogP) is 2.57. The van der Waals surface area contributed by atoms with E-state index in [9.17, 15) is 9.59 Å². The summed E-state index contributed by atoms with van der Waals surface area (Å²) >= 11 is 6.00. The second kappa shape index (κ2) is 8.60. The van der Waals surface area contributed by atoms with E-state index < -0.39 is 11.2 Å². The van der Waals surface area contributed by atoms with Crippen LogP contribution in [0.25, 0.3) is 16.9 Å². The molecule has 0 aliphatic carbocycles. The summed E-state index contributed by atoms with van der Waals surface area (Å²) in [7, 11) is 1.51. The first-order valence-electron chi connectivity index (χ1n) is 9.48. The van der Waals surface area contributed by atoms with Crippen molar-refractivity contribution in [3.05, 3.63) is 91.8 Å². The second-order valence-electron chi connectivity index (χ2n) is 6.90. The van der Waals surface area contributed by atoms with Crippen molar-refractivity contribution in [3.63, 3.8) is 0 Å². The second-order valence-corrected chi connectivity index (χ2v) is 7.33. The van der Waals surface area contributed by atoms with Crippen LogP contribution in [0.2, 0.25) is 5.02 Å². The molecule has 156 valence electrons. The number of nitriles is 1. The molecule has 0 fully saturated rings. The Morgan fingerprint density at radius 3 is 2.45 bits per heavy atom. The number of hydrogen-bond donors (Lipinski definition) is 0. The number of methoxy groups -OCH3 is 1. The van der Waals surface area contributed by atoms with Crippen LogP contribution in [0.1, 0.15) is 11.1 Å². The molecule has 0 N–H and O–H groups in total. The standard InChI is InChI=1S/C22H18ClN5O3/c1-31-11-10-27-21(29)19-20(28(22(27)30)18-8-6-17(23)7-9-18)25-14-26(19)13-16-4-2-15(12-24)3-5-16/h2-9,14H,10-11,13H2,1H3. The molecular weight excluding hydrogens is 418 g/mol. The van der Waals surface area contributed by atoms with Gasteiger partial charge in [0.2, 0.25) is 0 Å². The topological polar surface area (TPSA) is 94.8 Å². The Kier molecular flexibility index (Phi) is 5.71. The quantitative estimate of drug-likeness (QED) is 0.464. The lowest BCUT2D eigenvalue weighted by molar-refractivity contribution is 0.184. The van der Waals surface area contributed by atoms with Crippen LogP contribution >= 0.6 is 11.6 Å². The molecule has 0 aliphatic heterocycles. The van der Waals surface area contributed by atoms with Crippen molar-refractivity contribution in [2.45, 2.75) is 13.1 Å². The summed E-state index contributed by atoms with van der Waals surface area (Å²) in [4.78, 5) is 30.8. The third-order valence-electron chi connectivity index (χ3n) is 4.94. The summed E-state index contributed by atoms with van der Waals surface area (Å²) < 4.78 is 9.34. The number of hydrogen-bond acceptors (Lipinski definition) is 5. The van der Waals surface area contributed by atoms with E-state index in [1.807, 2.05) is 12.1 Å². The van der Waals surface area contributed by atoms with Crippen molar-refractivity contribution < 1.29 is 4.74 Å². The van der Waals surface area contributed by atoms with Crippen LogP contribution in [-0.2, 0) is 17.8 Å². The largest absolute Gasteiger partial charge is 0.383 e. The first kappa shape index (κ1) is 20.6. The lowest BCUT2D eigenvalue weighted by Gasteiger charge is -2.13. The first-order valence-corrected chi connectivity index (χ1v) is 9.86. The minimum absolute atomic E-state index is 0.111. The maximum absolute atomic E-state index is 13.2. The van der Waals surface area contributed by atoms with Gasteiger partial charge in [-0.3, -0.25) is 9.36 Å². The highest BCUT2D eigenvalue weighted by molar-refractivity contribution is 6.30. The van der Waals surface area contributed by atoms with Crippen LogP contribution in [0.15, 0.2) is 64.4 Å². The van der Waals surface area contributed by atoms with Gasteiger partial charge in [-0.15, -0.1) is 0 Å². The van der Waals surface area contributed by atoms with E-state index in [0.717, 1.165) is 10.1 Å². The average molecular weight is 436 g/mol. The summed E-state index contributed by atoms with van der Waals surface area (Å²) in [6.07, 6.45) is 1.54. The Balaban J connectivity index is 1.93. The Morgan fingerprint density at radius 2 is 1.81 bits per heavy atom. The molecule has 2 heterocycles. The highest BCUT2D eigenvalue weighted by Crippen LogP contribution is 2.17. The van der Waals surface area contributed by atoms with E-state index in [2.05, 4.69) is 11.1 Å². The molecule has 4 aromatic rings. The van der Waals surface area contributed by atoms with E-state index >= 15 is 0 Å². The van der Waals surface area contributed by atoms with Crippen LogP contribution in [0.4, 0.5) is 0 Å². The number of ether oxygens (including phenoxy) is 1. The lowest BCUT2D eigenvalue weighted by atomic mass is 10.1. The Morgan fingerprint density at radius 1 is 1.10 bits per heavy atom. The molecule has 0 saturated carbocycles. The van der Waals surface area contributed by atoms with Crippen molar-refractivity contribution in [3.8, 4) is 11.8 Å². The van der Waals surface area contributed by atoms with Gasteiger partial charge in [0.1, 0.15) is 0 Å². The van der Waals surface area contributed by atoms with E-state index in [1.165, 1.54) is 18.0 Å². The zero-order chi connectivity index (χ0) is 22.0. The van der Waals surface area contributed by atoms with Crippen molar-refractivity contribution in [1.29, 1.82) is 5.26 Å². The molecule has 0 spiro atoms. The van der Waals surface area contributed by atoms with Gasteiger partial charge in [-0.05, 0) is 42.0 Å². The highest BCUT2D eigenvalue weighted by atomic mass is 35.5. The molecule has 2 aromatic carbocycles. The van der Waals surface area contributed by atoms with Crippen molar-refractivity contribution in [1.82, 2.24) is 18.7 Å². The van der Waals surface area contributed by atoms with Crippen LogP contribution < -0.4 is 11.2 Å². The van der Waals surface area contributed by atoms with Crippen molar-refractivity contribution in [2.75, 3.05) is 13.7 Å². The van der Waals surface area contributed by atoms with Gasteiger partial charge in [0.05, 0.1) is 36.8 Å². The van der Waals surface area contributed by atoms with E-state index in [-0.39, 0.29) is 18.8 Å². The van der Waals surface area contributed by atoms with Crippen LogP contribution in [0.3, 0.4) is 0 Å². The van der Waals surface area contributed by atoms with Crippen LogP contribution in [-0.4, -0.2) is 32.4 Å². The Hall–Kier alpha value is -3.67. The van der Waals surface area contributed by atoms with Crippen LogP contribution in [0.5, 0.6) is 0 Å². The van der Waals surface area contributed by atoms with E-state index in [4.69, 9.17) is 21.6 Å². The zero-order valence-electron chi connectivity index (χ0n) is 16.7. The monoisotopic (exact) mass is 435 g/mol. The minimum atomic E-state index is -0.500.